The van der Waals surface area contributed by atoms with Crippen LogP contribution in [0.4, 0.5) is 5.69 Å². The topological polar surface area (TPSA) is 46.2 Å². The van der Waals surface area contributed by atoms with Crippen molar-refractivity contribution in [2.75, 3.05) is 58.9 Å². The lowest BCUT2D eigenvalue weighted by Gasteiger charge is -2.32. The van der Waals surface area contributed by atoms with E-state index < -0.39 is 0 Å². The van der Waals surface area contributed by atoms with Gasteiger partial charge in [0.05, 0.1) is 27.4 Å². The summed E-state index contributed by atoms with van der Waals surface area (Å²) in [5, 5.41) is 4.19. The predicted molar refractivity (Wildman–Crippen MR) is 129 cm³/mol. The highest BCUT2D eigenvalue weighted by molar-refractivity contribution is 7.80. The third kappa shape index (κ3) is 6.32. The Morgan fingerprint density at radius 1 is 1.10 bits per heavy atom. The van der Waals surface area contributed by atoms with Gasteiger partial charge in [-0.1, -0.05) is 18.2 Å². The summed E-state index contributed by atoms with van der Waals surface area (Å²) in [6.45, 7) is 10.2. The molecule has 0 unspecified atom stereocenters. The molecule has 1 aliphatic heterocycles. The van der Waals surface area contributed by atoms with Crippen molar-refractivity contribution in [1.29, 1.82) is 0 Å². The summed E-state index contributed by atoms with van der Waals surface area (Å²) >= 11 is 5.85. The van der Waals surface area contributed by atoms with E-state index in [4.69, 9.17) is 26.4 Å². The number of nitrogens with zero attached hydrogens (tertiary/aromatic N) is 2. The predicted octanol–water partition coefficient (Wildman–Crippen LogP) is 3.85. The first-order chi connectivity index (χ1) is 15.0. The van der Waals surface area contributed by atoms with Crippen LogP contribution in [-0.2, 0) is 11.3 Å². The molecule has 31 heavy (non-hydrogen) atoms. The Balaban J connectivity index is 1.76. The second-order valence-corrected chi connectivity index (χ2v) is 8.13. The average molecular weight is 444 g/mol. The molecule has 7 heteroatoms. The minimum absolute atomic E-state index is 0.682. The van der Waals surface area contributed by atoms with Crippen molar-refractivity contribution in [3.63, 3.8) is 0 Å². The molecule has 0 saturated carbocycles. The Morgan fingerprint density at radius 2 is 1.84 bits per heavy atom. The zero-order chi connectivity index (χ0) is 22.2. The molecule has 3 rings (SSSR count). The highest BCUT2D eigenvalue weighted by atomic mass is 32.1. The lowest BCUT2D eigenvalue weighted by molar-refractivity contribution is 0.0358. The zero-order valence-electron chi connectivity index (χ0n) is 18.9. The van der Waals surface area contributed by atoms with Crippen LogP contribution in [0.15, 0.2) is 36.4 Å². The number of morpholine rings is 1. The third-order valence-corrected chi connectivity index (χ3v) is 6.10. The Bertz CT molecular complexity index is 884. The van der Waals surface area contributed by atoms with Crippen molar-refractivity contribution in [3.05, 3.63) is 53.1 Å². The maximum Gasteiger partial charge on any atom is 0.173 e. The molecule has 0 amide bonds. The summed E-state index contributed by atoms with van der Waals surface area (Å²) in [6, 6.07) is 12.3. The van der Waals surface area contributed by atoms with E-state index in [1.807, 2.05) is 12.1 Å². The van der Waals surface area contributed by atoms with Crippen LogP contribution < -0.4 is 14.8 Å². The summed E-state index contributed by atoms with van der Waals surface area (Å²) in [6.07, 6.45) is 0. The fraction of sp³-hybridized carbons (Fsp3) is 0.458. The number of rotatable bonds is 8. The van der Waals surface area contributed by atoms with Gasteiger partial charge in [-0.15, -0.1) is 0 Å². The van der Waals surface area contributed by atoms with Gasteiger partial charge in [0, 0.05) is 38.4 Å². The van der Waals surface area contributed by atoms with Crippen molar-refractivity contribution in [2.24, 2.45) is 0 Å². The lowest BCUT2D eigenvalue weighted by Crippen LogP contribution is -2.44. The van der Waals surface area contributed by atoms with E-state index in [2.05, 4.69) is 53.2 Å². The van der Waals surface area contributed by atoms with Crippen molar-refractivity contribution in [3.8, 4) is 11.5 Å². The maximum absolute atomic E-state index is 5.85. The van der Waals surface area contributed by atoms with Crippen LogP contribution in [0.5, 0.6) is 11.5 Å². The molecule has 1 fully saturated rings. The van der Waals surface area contributed by atoms with E-state index in [1.54, 1.807) is 14.2 Å². The number of aryl methyl sites for hydroxylation is 1. The first-order valence-corrected chi connectivity index (χ1v) is 11.1. The molecule has 168 valence electrons. The number of thiocarbonyl (C=S) groups is 1. The van der Waals surface area contributed by atoms with Crippen LogP contribution in [0.2, 0.25) is 0 Å². The van der Waals surface area contributed by atoms with E-state index in [0.717, 1.165) is 67.3 Å². The highest BCUT2D eigenvalue weighted by Gasteiger charge is 2.17. The fourth-order valence-electron chi connectivity index (χ4n) is 3.62. The summed E-state index contributed by atoms with van der Waals surface area (Å²) in [5.41, 5.74) is 4.62. The monoisotopic (exact) mass is 443 g/mol. The molecule has 2 aromatic rings. The number of methoxy groups -OCH3 is 2. The Hall–Kier alpha value is -2.35. The SMILES string of the molecule is COc1ccc(CN(CCN2CCOCC2)C(=S)Nc2cccc(C)c2C)cc1OC. The van der Waals surface area contributed by atoms with Gasteiger partial charge in [0.25, 0.3) is 0 Å². The first-order valence-electron chi connectivity index (χ1n) is 10.6. The summed E-state index contributed by atoms with van der Waals surface area (Å²) < 4.78 is 16.3. The molecule has 1 heterocycles. The molecule has 0 spiro atoms. The Kier molecular flexibility index (Phi) is 8.51. The maximum atomic E-state index is 5.85. The highest BCUT2D eigenvalue weighted by Crippen LogP contribution is 2.28. The van der Waals surface area contributed by atoms with Crippen LogP contribution >= 0.6 is 12.2 Å². The van der Waals surface area contributed by atoms with E-state index in [-0.39, 0.29) is 0 Å². The van der Waals surface area contributed by atoms with Crippen LogP contribution in [0.25, 0.3) is 0 Å². The smallest absolute Gasteiger partial charge is 0.173 e. The zero-order valence-corrected chi connectivity index (χ0v) is 19.8. The second kappa shape index (κ2) is 11.3. The van der Waals surface area contributed by atoms with Crippen molar-refractivity contribution >= 4 is 23.0 Å². The molecule has 0 bridgehead atoms. The standard InChI is InChI=1S/C24H33N3O3S/c1-18-6-5-7-21(19(18)2)25-24(31)27(11-10-26-12-14-30-15-13-26)17-20-8-9-22(28-3)23(16-20)29-4/h5-9,16H,10-15,17H2,1-4H3,(H,25,31). The summed E-state index contributed by atoms with van der Waals surface area (Å²) in [5.74, 6) is 1.45. The minimum Gasteiger partial charge on any atom is -0.493 e. The van der Waals surface area contributed by atoms with E-state index in [0.29, 0.717) is 6.54 Å². The molecular formula is C24H33N3O3S. The van der Waals surface area contributed by atoms with Gasteiger partial charge in [-0.25, -0.2) is 0 Å². The van der Waals surface area contributed by atoms with Gasteiger partial charge in [-0.05, 0) is 61.0 Å². The van der Waals surface area contributed by atoms with E-state index in [9.17, 15) is 0 Å². The van der Waals surface area contributed by atoms with E-state index >= 15 is 0 Å². The van der Waals surface area contributed by atoms with Crippen LogP contribution in [-0.4, -0.2) is 68.5 Å². The van der Waals surface area contributed by atoms with Crippen molar-refractivity contribution in [2.45, 2.75) is 20.4 Å². The minimum atomic E-state index is 0.682. The molecule has 0 aromatic heterocycles. The van der Waals surface area contributed by atoms with Crippen molar-refractivity contribution in [1.82, 2.24) is 9.80 Å². The van der Waals surface area contributed by atoms with Gasteiger partial charge in [-0.2, -0.15) is 0 Å². The molecule has 0 radical (unpaired) electrons. The van der Waals surface area contributed by atoms with Gasteiger partial charge in [-0.3, -0.25) is 4.90 Å². The molecular weight excluding hydrogens is 410 g/mol. The van der Waals surface area contributed by atoms with Gasteiger partial charge in [0.15, 0.2) is 16.6 Å². The fourth-order valence-corrected chi connectivity index (χ4v) is 3.89. The molecule has 2 aromatic carbocycles. The van der Waals surface area contributed by atoms with Crippen LogP contribution in [0.1, 0.15) is 16.7 Å². The number of nitrogens with one attached hydrogen (secondary N) is 1. The number of hydrogen-bond donors (Lipinski definition) is 1. The summed E-state index contributed by atoms with van der Waals surface area (Å²) in [7, 11) is 3.31. The average Bonchev–Trinajstić information content (AvgIpc) is 2.80. The van der Waals surface area contributed by atoms with Crippen LogP contribution in [0.3, 0.4) is 0 Å². The third-order valence-electron chi connectivity index (χ3n) is 5.74. The Morgan fingerprint density at radius 3 is 2.55 bits per heavy atom. The number of ether oxygens (including phenoxy) is 3. The largest absolute Gasteiger partial charge is 0.493 e. The first kappa shape index (κ1) is 23.3. The summed E-state index contributed by atoms with van der Waals surface area (Å²) in [4.78, 5) is 4.64. The normalized spacial score (nSPS) is 14.2. The molecule has 1 saturated heterocycles. The van der Waals surface area contributed by atoms with E-state index in [1.165, 1.54) is 11.1 Å². The molecule has 0 atom stereocenters. The number of hydrogen-bond acceptors (Lipinski definition) is 5. The number of anilines is 1. The molecule has 1 aliphatic rings. The quantitative estimate of drug-likeness (QED) is 0.622. The lowest BCUT2D eigenvalue weighted by atomic mass is 10.1. The molecule has 1 N–H and O–H groups in total. The second-order valence-electron chi connectivity index (χ2n) is 7.74. The molecule has 6 nitrogen and oxygen atoms in total. The van der Waals surface area contributed by atoms with Gasteiger partial charge >= 0.3 is 0 Å². The van der Waals surface area contributed by atoms with Gasteiger partial charge in [0.1, 0.15) is 0 Å². The van der Waals surface area contributed by atoms with Gasteiger partial charge in [0.2, 0.25) is 0 Å². The van der Waals surface area contributed by atoms with Crippen LogP contribution in [0, 0.1) is 13.8 Å². The Labute approximate surface area is 191 Å². The van der Waals surface area contributed by atoms with Gasteiger partial charge < -0.3 is 24.4 Å². The molecule has 0 aliphatic carbocycles. The number of benzene rings is 2. The van der Waals surface area contributed by atoms with Crippen molar-refractivity contribution < 1.29 is 14.2 Å².